The van der Waals surface area contributed by atoms with Gasteiger partial charge in [-0.05, 0) is 0 Å². The highest BCUT2D eigenvalue weighted by atomic mass is 32.1. The van der Waals surface area contributed by atoms with E-state index >= 15 is 0 Å². The highest BCUT2D eigenvalue weighted by Gasteiger charge is 2.34. The lowest BCUT2D eigenvalue weighted by Crippen LogP contribution is -2.25. The summed E-state index contributed by atoms with van der Waals surface area (Å²) in [4.78, 5) is 15.1. The molecule has 2 aromatic heterocycles. The molecule has 5 nitrogen and oxygen atoms in total. The van der Waals surface area contributed by atoms with Crippen molar-refractivity contribution >= 4 is 23.1 Å². The summed E-state index contributed by atoms with van der Waals surface area (Å²) in [5, 5.41) is 2.78. The zero-order valence-electron chi connectivity index (χ0n) is 12.4. The normalized spacial score (nSPS) is 11.5. The van der Waals surface area contributed by atoms with Gasteiger partial charge < -0.3 is 9.80 Å². The third-order valence-electron chi connectivity index (χ3n) is 2.94. The van der Waals surface area contributed by atoms with Crippen LogP contribution in [0.15, 0.2) is 17.6 Å². The molecule has 0 amide bonds. The van der Waals surface area contributed by atoms with Gasteiger partial charge in [0, 0.05) is 51.8 Å². The Morgan fingerprint density at radius 2 is 1.91 bits per heavy atom. The van der Waals surface area contributed by atoms with Crippen molar-refractivity contribution in [2.24, 2.45) is 0 Å². The molecule has 0 fully saturated rings. The molecule has 0 saturated heterocycles. The van der Waals surface area contributed by atoms with E-state index in [-0.39, 0.29) is 11.8 Å². The molecule has 0 saturated carbocycles. The monoisotopic (exact) mass is 331 g/mol. The summed E-state index contributed by atoms with van der Waals surface area (Å²) >= 11 is 1.51. The minimum absolute atomic E-state index is 0.0510. The lowest BCUT2D eigenvalue weighted by atomic mass is 10.3. The molecule has 2 heterocycles. The van der Waals surface area contributed by atoms with Gasteiger partial charge in [0.05, 0.1) is 5.01 Å². The first-order valence-corrected chi connectivity index (χ1v) is 7.38. The van der Waals surface area contributed by atoms with Gasteiger partial charge in [-0.1, -0.05) is 0 Å². The third-order valence-corrected chi connectivity index (χ3v) is 3.77. The molecule has 22 heavy (non-hydrogen) atoms. The number of nitrogens with zero attached hydrogens (tertiary/aromatic N) is 5. The molecule has 0 aliphatic rings. The van der Waals surface area contributed by atoms with Gasteiger partial charge in [0.1, 0.15) is 5.82 Å². The Hall–Kier alpha value is -1.90. The second-order valence-corrected chi connectivity index (χ2v) is 5.88. The standard InChI is InChI=1S/C13H16F3N5S/c1-20(2)10-8-9(13(14,15)16)18-12(19-10)21(3)6-4-11-17-5-7-22-11/h5,7-8H,4,6H2,1-3H3. The van der Waals surface area contributed by atoms with Gasteiger partial charge in [-0.15, -0.1) is 11.3 Å². The molecule has 0 aromatic carbocycles. The number of thiazole rings is 1. The minimum atomic E-state index is -4.50. The second kappa shape index (κ2) is 6.47. The van der Waals surface area contributed by atoms with Crippen molar-refractivity contribution in [1.82, 2.24) is 15.0 Å². The van der Waals surface area contributed by atoms with E-state index in [0.29, 0.717) is 13.0 Å². The maximum Gasteiger partial charge on any atom is 0.433 e. The Bertz CT molecular complexity index is 613. The van der Waals surface area contributed by atoms with Crippen molar-refractivity contribution in [2.45, 2.75) is 12.6 Å². The van der Waals surface area contributed by atoms with E-state index in [2.05, 4.69) is 15.0 Å². The topological polar surface area (TPSA) is 45.2 Å². The van der Waals surface area contributed by atoms with Gasteiger partial charge in [0.25, 0.3) is 0 Å². The summed E-state index contributed by atoms with van der Waals surface area (Å²) in [6.45, 7) is 0.488. The van der Waals surface area contributed by atoms with Crippen molar-refractivity contribution in [3.8, 4) is 0 Å². The van der Waals surface area contributed by atoms with Gasteiger partial charge in [-0.25, -0.2) is 9.97 Å². The van der Waals surface area contributed by atoms with E-state index in [0.717, 1.165) is 11.1 Å². The van der Waals surface area contributed by atoms with Crippen LogP contribution >= 0.6 is 11.3 Å². The quantitative estimate of drug-likeness (QED) is 0.843. The summed E-state index contributed by atoms with van der Waals surface area (Å²) in [5.41, 5.74) is -0.942. The lowest BCUT2D eigenvalue weighted by molar-refractivity contribution is -0.141. The van der Waals surface area contributed by atoms with Crippen LogP contribution in [0.2, 0.25) is 0 Å². The third kappa shape index (κ3) is 4.06. The number of rotatable bonds is 5. The van der Waals surface area contributed by atoms with E-state index in [1.54, 1.807) is 32.2 Å². The fourth-order valence-corrected chi connectivity index (χ4v) is 2.32. The molecule has 0 unspecified atom stereocenters. The van der Waals surface area contributed by atoms with Crippen LogP contribution in [-0.2, 0) is 12.6 Å². The van der Waals surface area contributed by atoms with Gasteiger partial charge in [0.15, 0.2) is 5.69 Å². The number of halogens is 3. The van der Waals surface area contributed by atoms with Gasteiger partial charge in [-0.2, -0.15) is 18.2 Å². The SMILES string of the molecule is CN(C)c1cc(C(F)(F)F)nc(N(C)CCc2nccs2)n1. The van der Waals surface area contributed by atoms with Crippen LogP contribution in [0, 0.1) is 0 Å². The summed E-state index contributed by atoms with van der Waals surface area (Å²) in [6, 6.07) is 0.943. The fourth-order valence-electron chi connectivity index (χ4n) is 1.71. The molecule has 0 radical (unpaired) electrons. The molecule has 0 atom stereocenters. The Morgan fingerprint density at radius 1 is 1.18 bits per heavy atom. The van der Waals surface area contributed by atoms with Crippen LogP contribution in [0.1, 0.15) is 10.7 Å². The van der Waals surface area contributed by atoms with Gasteiger partial charge in [0.2, 0.25) is 5.95 Å². The molecule has 0 N–H and O–H groups in total. The van der Waals surface area contributed by atoms with Crippen molar-refractivity contribution < 1.29 is 13.2 Å². The zero-order chi connectivity index (χ0) is 16.3. The Kier molecular flexibility index (Phi) is 4.84. The number of anilines is 2. The van der Waals surface area contributed by atoms with E-state index in [4.69, 9.17) is 0 Å². The number of alkyl halides is 3. The molecule has 120 valence electrons. The maximum absolute atomic E-state index is 12.9. The van der Waals surface area contributed by atoms with Gasteiger partial charge >= 0.3 is 6.18 Å². The summed E-state index contributed by atoms with van der Waals surface area (Å²) < 4.78 is 38.8. The number of hydrogen-bond donors (Lipinski definition) is 0. The van der Waals surface area contributed by atoms with Crippen LogP contribution in [0.4, 0.5) is 24.9 Å². The highest BCUT2D eigenvalue weighted by molar-refractivity contribution is 7.09. The Labute approximate surface area is 130 Å². The first kappa shape index (κ1) is 16.5. The van der Waals surface area contributed by atoms with Crippen molar-refractivity contribution in [1.29, 1.82) is 0 Å². The Balaban J connectivity index is 2.22. The molecule has 9 heteroatoms. The van der Waals surface area contributed by atoms with Crippen molar-refractivity contribution in [3.05, 3.63) is 28.3 Å². The molecular formula is C13H16F3N5S. The lowest BCUT2D eigenvalue weighted by Gasteiger charge is -2.21. The predicted octanol–water partition coefficient (Wildman–Crippen LogP) is 2.70. The van der Waals surface area contributed by atoms with E-state index in [1.807, 2.05) is 5.38 Å². The molecule has 0 bridgehead atoms. The van der Waals surface area contributed by atoms with Crippen molar-refractivity contribution in [3.63, 3.8) is 0 Å². The maximum atomic E-state index is 12.9. The van der Waals surface area contributed by atoms with Gasteiger partial charge in [-0.3, -0.25) is 0 Å². The van der Waals surface area contributed by atoms with Crippen LogP contribution < -0.4 is 9.80 Å². The van der Waals surface area contributed by atoms with Crippen LogP contribution in [-0.4, -0.2) is 42.6 Å². The molecule has 0 aliphatic carbocycles. The number of aromatic nitrogens is 3. The minimum Gasteiger partial charge on any atom is -0.363 e. The molecule has 0 aliphatic heterocycles. The average molecular weight is 331 g/mol. The number of hydrogen-bond acceptors (Lipinski definition) is 6. The predicted molar refractivity (Wildman–Crippen MR) is 80.4 cm³/mol. The highest BCUT2D eigenvalue weighted by Crippen LogP contribution is 2.30. The molecular weight excluding hydrogens is 315 g/mol. The van der Waals surface area contributed by atoms with Crippen LogP contribution in [0.3, 0.4) is 0 Å². The zero-order valence-corrected chi connectivity index (χ0v) is 13.2. The van der Waals surface area contributed by atoms with Crippen LogP contribution in [0.25, 0.3) is 0 Å². The van der Waals surface area contributed by atoms with E-state index < -0.39 is 11.9 Å². The first-order chi connectivity index (χ1) is 10.3. The fraction of sp³-hybridized carbons (Fsp3) is 0.462. The second-order valence-electron chi connectivity index (χ2n) is 4.90. The van der Waals surface area contributed by atoms with E-state index in [9.17, 15) is 13.2 Å². The first-order valence-electron chi connectivity index (χ1n) is 6.50. The largest absolute Gasteiger partial charge is 0.433 e. The number of likely N-dealkylation sites (N-methyl/N-ethyl adjacent to an activating group) is 1. The molecule has 0 spiro atoms. The molecule has 2 aromatic rings. The molecule has 2 rings (SSSR count). The summed E-state index contributed by atoms with van der Waals surface area (Å²) in [7, 11) is 4.95. The summed E-state index contributed by atoms with van der Waals surface area (Å²) in [6.07, 6.45) is -2.17. The smallest absolute Gasteiger partial charge is 0.363 e. The Morgan fingerprint density at radius 3 is 2.45 bits per heavy atom. The van der Waals surface area contributed by atoms with Crippen LogP contribution in [0.5, 0.6) is 0 Å². The summed E-state index contributed by atoms with van der Waals surface area (Å²) in [5.74, 6) is 0.272. The van der Waals surface area contributed by atoms with Crippen molar-refractivity contribution in [2.75, 3.05) is 37.5 Å². The van der Waals surface area contributed by atoms with E-state index in [1.165, 1.54) is 16.2 Å². The average Bonchev–Trinajstić information content (AvgIpc) is 2.96.